The fourth-order valence-electron chi connectivity index (χ4n) is 0.461. The molecule has 0 radical (unpaired) electrons. The smallest absolute Gasteiger partial charge is 0.206 e. The molecule has 5 heteroatoms. The van der Waals surface area contributed by atoms with Gasteiger partial charge in [-0.15, -0.1) is 0 Å². The van der Waals surface area contributed by atoms with Gasteiger partial charge in [0.1, 0.15) is 0 Å². The zero-order valence-corrected chi connectivity index (χ0v) is 6.85. The molecule has 0 bridgehead atoms. The average Bonchev–Trinajstić information content (AvgIpc) is 1.97. The number of hydrogen-bond acceptors (Lipinski definition) is 3. The van der Waals surface area contributed by atoms with Gasteiger partial charge >= 0.3 is 0 Å². The molecule has 0 fully saturated rings. The Bertz CT molecular complexity index is 155. The van der Waals surface area contributed by atoms with Crippen molar-refractivity contribution in [1.29, 1.82) is 5.41 Å². The van der Waals surface area contributed by atoms with Crippen molar-refractivity contribution in [3.05, 3.63) is 0 Å². The highest BCUT2D eigenvalue weighted by Gasteiger charge is 1.90. The van der Waals surface area contributed by atoms with Gasteiger partial charge in [-0.1, -0.05) is 0 Å². The van der Waals surface area contributed by atoms with Crippen molar-refractivity contribution in [3.63, 3.8) is 0 Å². The van der Waals surface area contributed by atoms with E-state index in [1.54, 1.807) is 7.11 Å². The monoisotopic (exact) mass is 158 g/mol. The molecule has 0 aliphatic heterocycles. The van der Waals surface area contributed by atoms with E-state index in [9.17, 15) is 0 Å². The number of nitrogens with one attached hydrogen (secondary N) is 2. The van der Waals surface area contributed by atoms with Crippen LogP contribution in [0.3, 0.4) is 0 Å². The van der Waals surface area contributed by atoms with Crippen LogP contribution in [-0.4, -0.2) is 25.4 Å². The molecule has 0 heterocycles. The van der Waals surface area contributed by atoms with Gasteiger partial charge in [-0.05, 0) is 6.92 Å². The molecule has 0 saturated carbocycles. The summed E-state index contributed by atoms with van der Waals surface area (Å²) in [7, 11) is 1.63. The molecule has 0 aromatic heterocycles. The first-order chi connectivity index (χ1) is 5.16. The highest BCUT2D eigenvalue weighted by atomic mass is 16.5. The molecule has 0 rings (SSSR count). The van der Waals surface area contributed by atoms with E-state index in [-0.39, 0.29) is 5.96 Å². The highest BCUT2D eigenvalue weighted by Crippen LogP contribution is 1.84. The normalized spacial score (nSPS) is 11.3. The number of methoxy groups -OCH3 is 1. The Morgan fingerprint density at radius 2 is 2.36 bits per heavy atom. The quantitative estimate of drug-likeness (QED) is 0.303. The third-order valence-electron chi connectivity index (χ3n) is 1.04. The second kappa shape index (κ2) is 5.67. The average molecular weight is 158 g/mol. The molecule has 0 aliphatic rings. The summed E-state index contributed by atoms with van der Waals surface area (Å²) in [5.74, 6) is -0.151. The predicted molar refractivity (Wildman–Crippen MR) is 44.7 cm³/mol. The van der Waals surface area contributed by atoms with Crippen LogP contribution in [-0.2, 0) is 4.74 Å². The fraction of sp³-hybridized carbons (Fsp3) is 0.667. The molecule has 0 spiro atoms. The first-order valence-electron chi connectivity index (χ1n) is 3.29. The molecule has 0 amide bonds. The number of ether oxygens (including phenoxy) is 1. The highest BCUT2D eigenvalue weighted by molar-refractivity contribution is 5.84. The number of nitrogens with zero attached hydrogens (tertiary/aromatic N) is 1. The van der Waals surface area contributed by atoms with Gasteiger partial charge in [-0.25, -0.2) is 5.43 Å². The molecule has 0 aromatic carbocycles. The minimum atomic E-state index is -0.151. The van der Waals surface area contributed by atoms with Gasteiger partial charge in [0, 0.05) is 19.2 Å². The Kier molecular flexibility index (Phi) is 5.10. The first-order valence-corrected chi connectivity index (χ1v) is 3.29. The molecule has 4 N–H and O–H groups in total. The Morgan fingerprint density at radius 3 is 2.82 bits per heavy atom. The van der Waals surface area contributed by atoms with Gasteiger partial charge in [-0.2, -0.15) is 5.10 Å². The van der Waals surface area contributed by atoms with Crippen LogP contribution in [0.15, 0.2) is 5.10 Å². The third kappa shape index (κ3) is 6.79. The van der Waals surface area contributed by atoms with Crippen LogP contribution in [0.2, 0.25) is 0 Å². The summed E-state index contributed by atoms with van der Waals surface area (Å²) in [5, 5.41) is 10.6. The maximum atomic E-state index is 6.79. The summed E-state index contributed by atoms with van der Waals surface area (Å²) in [4.78, 5) is 0. The molecule has 0 saturated heterocycles. The van der Waals surface area contributed by atoms with E-state index in [4.69, 9.17) is 15.9 Å². The van der Waals surface area contributed by atoms with Crippen molar-refractivity contribution in [2.75, 3.05) is 13.7 Å². The Hall–Kier alpha value is -1.10. The van der Waals surface area contributed by atoms with Crippen molar-refractivity contribution in [2.45, 2.75) is 13.3 Å². The van der Waals surface area contributed by atoms with Crippen molar-refractivity contribution >= 4 is 11.7 Å². The zero-order chi connectivity index (χ0) is 8.69. The minimum absolute atomic E-state index is 0.151. The van der Waals surface area contributed by atoms with Crippen molar-refractivity contribution < 1.29 is 4.74 Å². The number of nitrogens with two attached hydrogens (primary N) is 1. The summed E-state index contributed by atoms with van der Waals surface area (Å²) in [6, 6.07) is 0. The molecule has 0 unspecified atom stereocenters. The molecule has 0 aliphatic carbocycles. The lowest BCUT2D eigenvalue weighted by atomic mass is 10.3. The Morgan fingerprint density at radius 1 is 1.73 bits per heavy atom. The van der Waals surface area contributed by atoms with E-state index in [2.05, 4.69) is 10.5 Å². The minimum Gasteiger partial charge on any atom is -0.384 e. The summed E-state index contributed by atoms with van der Waals surface area (Å²) in [5.41, 5.74) is 8.21. The maximum Gasteiger partial charge on any atom is 0.206 e. The van der Waals surface area contributed by atoms with Crippen molar-refractivity contribution in [3.8, 4) is 0 Å². The van der Waals surface area contributed by atoms with E-state index in [0.717, 1.165) is 12.1 Å². The summed E-state index contributed by atoms with van der Waals surface area (Å²) in [6.45, 7) is 2.48. The molecule has 64 valence electrons. The predicted octanol–water partition coefficient (Wildman–Crippen LogP) is -0.118. The van der Waals surface area contributed by atoms with Crippen LogP contribution < -0.4 is 11.2 Å². The lowest BCUT2D eigenvalue weighted by Crippen LogP contribution is -2.26. The van der Waals surface area contributed by atoms with Gasteiger partial charge in [0.25, 0.3) is 0 Å². The zero-order valence-electron chi connectivity index (χ0n) is 6.85. The van der Waals surface area contributed by atoms with Gasteiger partial charge in [-0.3, -0.25) is 5.41 Å². The maximum absolute atomic E-state index is 6.79. The van der Waals surface area contributed by atoms with E-state index in [0.29, 0.717) is 6.61 Å². The van der Waals surface area contributed by atoms with Crippen molar-refractivity contribution in [1.82, 2.24) is 5.43 Å². The lowest BCUT2D eigenvalue weighted by Gasteiger charge is -1.99. The molecule has 5 nitrogen and oxygen atoms in total. The topological polar surface area (TPSA) is 83.5 Å². The van der Waals surface area contributed by atoms with Gasteiger partial charge in [0.05, 0.1) is 6.61 Å². The van der Waals surface area contributed by atoms with E-state index >= 15 is 0 Å². The van der Waals surface area contributed by atoms with Gasteiger partial charge in [0.15, 0.2) is 0 Å². The van der Waals surface area contributed by atoms with Crippen LogP contribution in [0.4, 0.5) is 0 Å². The second-order valence-electron chi connectivity index (χ2n) is 2.12. The van der Waals surface area contributed by atoms with Crippen molar-refractivity contribution in [2.24, 2.45) is 10.8 Å². The standard InChI is InChI=1S/C6H14N4O/c1-5(3-4-11-2)9-10-6(7)8/h3-4H2,1-2H3,(H4,7,8,10). The second-order valence-corrected chi connectivity index (χ2v) is 2.12. The number of hydrazone groups is 1. The van der Waals surface area contributed by atoms with Gasteiger partial charge in [0.2, 0.25) is 5.96 Å². The Labute approximate surface area is 66.1 Å². The van der Waals surface area contributed by atoms with E-state index in [1.807, 2.05) is 6.92 Å². The van der Waals surface area contributed by atoms with Crippen LogP contribution >= 0.6 is 0 Å². The number of hydrogen-bond donors (Lipinski definition) is 3. The molecular weight excluding hydrogens is 144 g/mol. The molecular formula is C6H14N4O. The Balaban J connectivity index is 3.54. The third-order valence-corrected chi connectivity index (χ3v) is 1.04. The van der Waals surface area contributed by atoms with E-state index in [1.165, 1.54) is 0 Å². The molecule has 11 heavy (non-hydrogen) atoms. The number of rotatable bonds is 4. The van der Waals surface area contributed by atoms with Crippen LogP contribution in [0, 0.1) is 5.41 Å². The fourth-order valence-corrected chi connectivity index (χ4v) is 0.461. The van der Waals surface area contributed by atoms with Crippen LogP contribution in [0.1, 0.15) is 13.3 Å². The summed E-state index contributed by atoms with van der Waals surface area (Å²) >= 11 is 0. The van der Waals surface area contributed by atoms with Crippen LogP contribution in [0.25, 0.3) is 0 Å². The summed E-state index contributed by atoms with van der Waals surface area (Å²) in [6.07, 6.45) is 0.747. The van der Waals surface area contributed by atoms with Crippen LogP contribution in [0.5, 0.6) is 0 Å². The number of guanidine groups is 1. The largest absolute Gasteiger partial charge is 0.384 e. The first kappa shape index (κ1) is 9.90. The lowest BCUT2D eigenvalue weighted by molar-refractivity contribution is 0.207. The molecule has 0 aromatic rings. The summed E-state index contributed by atoms with van der Waals surface area (Å²) < 4.78 is 4.83. The SMILES string of the molecule is COCCC(C)=NNC(=N)N. The van der Waals surface area contributed by atoms with E-state index < -0.39 is 0 Å². The van der Waals surface area contributed by atoms with Gasteiger partial charge < -0.3 is 10.5 Å². The molecule has 0 atom stereocenters.